The lowest BCUT2D eigenvalue weighted by atomic mass is 10.1. The molecular weight excluding hydrogens is 338 g/mol. The Morgan fingerprint density at radius 1 is 1.04 bits per heavy atom. The summed E-state index contributed by atoms with van der Waals surface area (Å²) in [7, 11) is 1.67. The quantitative estimate of drug-likeness (QED) is 0.648. The van der Waals surface area contributed by atoms with Crippen LogP contribution >= 0.6 is 0 Å². The molecule has 0 radical (unpaired) electrons. The molecule has 4 nitrogen and oxygen atoms in total. The Kier molecular flexibility index (Phi) is 4.43. The van der Waals surface area contributed by atoms with Crippen molar-refractivity contribution in [2.75, 3.05) is 11.9 Å². The smallest absolute Gasteiger partial charge is 0.363 e. The van der Waals surface area contributed by atoms with Crippen molar-refractivity contribution in [3.63, 3.8) is 0 Å². The van der Waals surface area contributed by atoms with Gasteiger partial charge in [0.05, 0.1) is 17.8 Å². The molecule has 1 aromatic heterocycles. The molecule has 3 rings (SSSR count). The third kappa shape index (κ3) is 3.78. The van der Waals surface area contributed by atoms with Crippen LogP contribution < -0.4 is 4.90 Å². The van der Waals surface area contributed by atoms with E-state index in [4.69, 9.17) is 4.52 Å². The molecule has 2 aromatic carbocycles. The first-order chi connectivity index (χ1) is 11.8. The molecule has 0 saturated heterocycles. The van der Waals surface area contributed by atoms with Crippen LogP contribution in [0.15, 0.2) is 53.1 Å². The van der Waals surface area contributed by atoms with E-state index >= 15 is 0 Å². The van der Waals surface area contributed by atoms with Gasteiger partial charge in [-0.1, -0.05) is 29.4 Å². The Morgan fingerprint density at radius 3 is 2.36 bits per heavy atom. The number of alkyl halides is 3. The van der Waals surface area contributed by atoms with E-state index in [1.807, 2.05) is 0 Å². The van der Waals surface area contributed by atoms with Crippen molar-refractivity contribution in [1.82, 2.24) is 10.1 Å². The van der Waals surface area contributed by atoms with E-state index in [0.717, 1.165) is 12.1 Å². The molecule has 0 bridgehead atoms. The van der Waals surface area contributed by atoms with E-state index < -0.39 is 11.7 Å². The molecule has 1 heterocycles. The van der Waals surface area contributed by atoms with E-state index in [9.17, 15) is 17.6 Å². The van der Waals surface area contributed by atoms with Gasteiger partial charge < -0.3 is 9.42 Å². The molecule has 0 aliphatic carbocycles. The number of aromatic nitrogens is 2. The van der Waals surface area contributed by atoms with Gasteiger partial charge in [0.2, 0.25) is 11.7 Å². The highest BCUT2D eigenvalue weighted by atomic mass is 19.4. The zero-order valence-electron chi connectivity index (χ0n) is 13.1. The first-order valence-electron chi connectivity index (χ1n) is 7.30. The lowest BCUT2D eigenvalue weighted by Crippen LogP contribution is -2.17. The Balaban J connectivity index is 1.75. The van der Waals surface area contributed by atoms with Crippen molar-refractivity contribution >= 4 is 5.69 Å². The summed E-state index contributed by atoms with van der Waals surface area (Å²) >= 11 is 0. The summed E-state index contributed by atoms with van der Waals surface area (Å²) in [4.78, 5) is 5.74. The van der Waals surface area contributed by atoms with Gasteiger partial charge in [-0.15, -0.1) is 0 Å². The third-order valence-corrected chi connectivity index (χ3v) is 3.57. The molecule has 0 spiro atoms. The van der Waals surface area contributed by atoms with E-state index in [0.29, 0.717) is 11.3 Å². The second kappa shape index (κ2) is 6.54. The topological polar surface area (TPSA) is 42.2 Å². The van der Waals surface area contributed by atoms with Crippen LogP contribution in [0.5, 0.6) is 0 Å². The molecule has 8 heteroatoms. The van der Waals surface area contributed by atoms with Crippen LogP contribution in [0.2, 0.25) is 0 Å². The minimum Gasteiger partial charge on any atom is -0.363 e. The van der Waals surface area contributed by atoms with Crippen LogP contribution in [0.25, 0.3) is 11.4 Å². The highest BCUT2D eigenvalue weighted by Crippen LogP contribution is 2.30. The molecule has 0 atom stereocenters. The number of benzene rings is 2. The van der Waals surface area contributed by atoms with Gasteiger partial charge in [0.15, 0.2) is 0 Å². The van der Waals surface area contributed by atoms with E-state index in [2.05, 4.69) is 10.1 Å². The van der Waals surface area contributed by atoms with Gasteiger partial charge in [-0.25, -0.2) is 4.39 Å². The average Bonchev–Trinajstić information content (AvgIpc) is 3.03. The predicted molar refractivity (Wildman–Crippen MR) is 83.2 cm³/mol. The Hall–Kier alpha value is -2.90. The number of hydrogen-bond donors (Lipinski definition) is 0. The standard InChI is InChI=1S/C17H13F4N3O/c1-24(14-5-3-2-4-13(14)18)10-15-22-16(23-25-15)11-6-8-12(9-7-11)17(19,20)21/h2-9H,10H2,1H3. The summed E-state index contributed by atoms with van der Waals surface area (Å²) in [6.45, 7) is 0.161. The predicted octanol–water partition coefficient (Wildman–Crippen LogP) is 4.53. The fraction of sp³-hybridized carbons (Fsp3) is 0.176. The summed E-state index contributed by atoms with van der Waals surface area (Å²) in [6, 6.07) is 10.7. The van der Waals surface area contributed by atoms with Crippen LogP contribution in [0.4, 0.5) is 23.2 Å². The maximum atomic E-state index is 13.7. The van der Waals surface area contributed by atoms with Crippen LogP contribution in [-0.4, -0.2) is 17.2 Å². The van der Waals surface area contributed by atoms with Gasteiger partial charge >= 0.3 is 6.18 Å². The second-order valence-corrected chi connectivity index (χ2v) is 5.39. The molecule has 0 N–H and O–H groups in total. The molecule has 0 fully saturated rings. The van der Waals surface area contributed by atoms with Gasteiger partial charge in [0, 0.05) is 12.6 Å². The summed E-state index contributed by atoms with van der Waals surface area (Å²) in [6.07, 6.45) is -4.40. The second-order valence-electron chi connectivity index (χ2n) is 5.39. The first-order valence-corrected chi connectivity index (χ1v) is 7.30. The third-order valence-electron chi connectivity index (χ3n) is 3.57. The molecule has 25 heavy (non-hydrogen) atoms. The Morgan fingerprint density at radius 2 is 1.72 bits per heavy atom. The minimum atomic E-state index is -4.40. The van der Waals surface area contributed by atoms with E-state index in [1.54, 1.807) is 30.1 Å². The number of anilines is 1. The number of halogens is 4. The highest BCUT2D eigenvalue weighted by molar-refractivity contribution is 5.55. The first kappa shape index (κ1) is 16.9. The van der Waals surface area contributed by atoms with Gasteiger partial charge in [-0.2, -0.15) is 18.2 Å². The summed E-state index contributed by atoms with van der Waals surface area (Å²) in [5, 5.41) is 3.76. The van der Waals surface area contributed by atoms with E-state index in [-0.39, 0.29) is 24.1 Å². The zero-order valence-corrected chi connectivity index (χ0v) is 13.1. The molecule has 0 amide bonds. The average molecular weight is 351 g/mol. The molecule has 130 valence electrons. The SMILES string of the molecule is CN(Cc1nc(-c2ccc(C(F)(F)F)cc2)no1)c1ccccc1F. The van der Waals surface area contributed by atoms with Crippen molar-refractivity contribution in [3.8, 4) is 11.4 Å². The number of rotatable bonds is 4. The largest absolute Gasteiger partial charge is 0.416 e. The van der Waals surface area contributed by atoms with Gasteiger partial charge in [-0.3, -0.25) is 0 Å². The summed E-state index contributed by atoms with van der Waals surface area (Å²) in [5.74, 6) is 0.0128. The molecular formula is C17H13F4N3O. The molecule has 0 aliphatic heterocycles. The molecule has 3 aromatic rings. The maximum absolute atomic E-state index is 13.7. The van der Waals surface area contributed by atoms with Crippen molar-refractivity contribution in [3.05, 3.63) is 65.8 Å². The van der Waals surface area contributed by atoms with Gasteiger partial charge in [0.25, 0.3) is 0 Å². The van der Waals surface area contributed by atoms with Crippen LogP contribution in [0.3, 0.4) is 0 Å². The lowest BCUT2D eigenvalue weighted by molar-refractivity contribution is -0.137. The van der Waals surface area contributed by atoms with Crippen LogP contribution in [0.1, 0.15) is 11.5 Å². The van der Waals surface area contributed by atoms with Crippen molar-refractivity contribution in [2.24, 2.45) is 0 Å². The van der Waals surface area contributed by atoms with Crippen LogP contribution in [-0.2, 0) is 12.7 Å². The molecule has 0 aliphatic rings. The number of nitrogens with zero attached hydrogens (tertiary/aromatic N) is 3. The van der Waals surface area contributed by atoms with Crippen molar-refractivity contribution in [1.29, 1.82) is 0 Å². The fourth-order valence-electron chi connectivity index (χ4n) is 2.29. The van der Waals surface area contributed by atoms with Crippen LogP contribution in [0, 0.1) is 5.82 Å². The minimum absolute atomic E-state index is 0.161. The summed E-state index contributed by atoms with van der Waals surface area (Å²) < 4.78 is 56.6. The highest BCUT2D eigenvalue weighted by Gasteiger charge is 2.30. The van der Waals surface area contributed by atoms with Crippen molar-refractivity contribution < 1.29 is 22.1 Å². The van der Waals surface area contributed by atoms with E-state index in [1.165, 1.54) is 18.2 Å². The molecule has 0 saturated carbocycles. The molecule has 0 unspecified atom stereocenters. The maximum Gasteiger partial charge on any atom is 0.416 e. The fourth-order valence-corrected chi connectivity index (χ4v) is 2.29. The number of hydrogen-bond acceptors (Lipinski definition) is 4. The normalized spacial score (nSPS) is 11.6. The van der Waals surface area contributed by atoms with Crippen molar-refractivity contribution in [2.45, 2.75) is 12.7 Å². The van der Waals surface area contributed by atoms with Gasteiger partial charge in [0.1, 0.15) is 5.82 Å². The number of para-hydroxylation sites is 1. The lowest BCUT2D eigenvalue weighted by Gasteiger charge is -2.17. The monoisotopic (exact) mass is 351 g/mol. The Labute approximate surface area is 140 Å². The summed E-state index contributed by atoms with van der Waals surface area (Å²) in [5.41, 5.74) is 0.0209. The van der Waals surface area contributed by atoms with Gasteiger partial charge in [-0.05, 0) is 24.3 Å². The zero-order chi connectivity index (χ0) is 18.0. The Bertz CT molecular complexity index is 859.